The highest BCUT2D eigenvalue weighted by atomic mass is 35.5. The minimum absolute atomic E-state index is 0.129. The van der Waals surface area contributed by atoms with Crippen molar-refractivity contribution in [2.45, 2.75) is 6.04 Å². The monoisotopic (exact) mass is 289 g/mol. The zero-order chi connectivity index (χ0) is 13.2. The van der Waals surface area contributed by atoms with Crippen LogP contribution in [0, 0.1) is 0 Å². The van der Waals surface area contributed by atoms with Crippen LogP contribution in [-0.4, -0.2) is 17.0 Å². The second-order valence-electron chi connectivity index (χ2n) is 4.17. The van der Waals surface area contributed by atoms with E-state index in [0.29, 0.717) is 0 Å². The molecule has 0 bridgehead atoms. The second-order valence-corrected chi connectivity index (χ2v) is 5.91. The summed E-state index contributed by atoms with van der Waals surface area (Å²) in [4.78, 5) is 9.82. The van der Waals surface area contributed by atoms with Gasteiger partial charge < -0.3 is 5.32 Å². The molecule has 0 aliphatic rings. The molecule has 0 fully saturated rings. The Hall–Kier alpha value is -1.49. The lowest BCUT2D eigenvalue weighted by Crippen LogP contribution is -2.16. The van der Waals surface area contributed by atoms with Crippen LogP contribution < -0.4 is 5.32 Å². The van der Waals surface area contributed by atoms with Crippen molar-refractivity contribution in [2.24, 2.45) is 0 Å². The van der Waals surface area contributed by atoms with Crippen molar-refractivity contribution < 1.29 is 0 Å². The van der Waals surface area contributed by atoms with E-state index in [9.17, 15) is 0 Å². The molecule has 0 amide bonds. The Balaban J connectivity index is 2.06. The van der Waals surface area contributed by atoms with E-state index in [1.54, 1.807) is 23.7 Å². The molecule has 3 rings (SSSR count). The summed E-state index contributed by atoms with van der Waals surface area (Å²) in [6.07, 6.45) is 3.42. The van der Waals surface area contributed by atoms with Crippen molar-refractivity contribution in [2.75, 3.05) is 7.05 Å². The first-order valence-electron chi connectivity index (χ1n) is 5.91. The van der Waals surface area contributed by atoms with Crippen LogP contribution in [0.2, 0.25) is 4.34 Å². The highest BCUT2D eigenvalue weighted by molar-refractivity contribution is 7.16. The fourth-order valence-electron chi connectivity index (χ4n) is 2.12. The van der Waals surface area contributed by atoms with Crippen LogP contribution >= 0.6 is 22.9 Å². The van der Waals surface area contributed by atoms with Crippen LogP contribution in [0.1, 0.15) is 16.5 Å². The number of nitrogens with zero attached hydrogens (tertiary/aromatic N) is 2. The molecule has 5 heteroatoms. The van der Waals surface area contributed by atoms with Gasteiger partial charge in [0.1, 0.15) is 0 Å². The van der Waals surface area contributed by atoms with Crippen LogP contribution in [0.4, 0.5) is 0 Å². The summed E-state index contributed by atoms with van der Waals surface area (Å²) in [6.45, 7) is 0. The molecule has 3 nitrogen and oxygen atoms in total. The lowest BCUT2D eigenvalue weighted by Gasteiger charge is -2.15. The lowest BCUT2D eigenvalue weighted by molar-refractivity contribution is 0.704. The fourth-order valence-corrected chi connectivity index (χ4v) is 3.32. The van der Waals surface area contributed by atoms with Crippen LogP contribution in [0.5, 0.6) is 0 Å². The third-order valence-electron chi connectivity index (χ3n) is 2.99. The molecule has 2 heterocycles. The van der Waals surface area contributed by atoms with Gasteiger partial charge in [-0.05, 0) is 36.9 Å². The molecular weight excluding hydrogens is 278 g/mol. The quantitative estimate of drug-likeness (QED) is 0.800. The highest BCUT2D eigenvalue weighted by Gasteiger charge is 2.14. The number of benzene rings is 1. The second kappa shape index (κ2) is 5.25. The molecule has 0 saturated heterocycles. The van der Waals surface area contributed by atoms with Gasteiger partial charge in [0.25, 0.3) is 0 Å². The maximum atomic E-state index is 6.01. The molecule has 1 aromatic carbocycles. The van der Waals surface area contributed by atoms with Gasteiger partial charge in [-0.2, -0.15) is 0 Å². The average molecular weight is 290 g/mol. The third-order valence-corrected chi connectivity index (χ3v) is 4.29. The highest BCUT2D eigenvalue weighted by Crippen LogP contribution is 2.31. The molecule has 0 radical (unpaired) electrons. The first-order valence-corrected chi connectivity index (χ1v) is 7.10. The van der Waals surface area contributed by atoms with Gasteiger partial charge in [0.05, 0.1) is 21.4 Å². The Morgan fingerprint density at radius 1 is 1.11 bits per heavy atom. The zero-order valence-corrected chi connectivity index (χ0v) is 11.9. The lowest BCUT2D eigenvalue weighted by atomic mass is 10.0. The largest absolute Gasteiger partial charge is 0.309 e. The fraction of sp³-hybridized carbons (Fsp3) is 0.143. The van der Waals surface area contributed by atoms with Gasteiger partial charge in [-0.25, -0.2) is 0 Å². The normalized spacial score (nSPS) is 12.7. The van der Waals surface area contributed by atoms with Gasteiger partial charge in [-0.3, -0.25) is 9.97 Å². The summed E-state index contributed by atoms with van der Waals surface area (Å²) in [7, 11) is 1.94. The molecule has 1 N–H and O–H groups in total. The Morgan fingerprint density at radius 3 is 2.58 bits per heavy atom. The Kier molecular flexibility index (Phi) is 3.46. The summed E-state index contributed by atoms with van der Waals surface area (Å²) in [5.41, 5.74) is 2.97. The average Bonchev–Trinajstić information content (AvgIpc) is 2.86. The van der Waals surface area contributed by atoms with Crippen molar-refractivity contribution in [3.8, 4) is 0 Å². The number of fused-ring (bicyclic) bond motifs is 1. The van der Waals surface area contributed by atoms with Crippen LogP contribution in [0.3, 0.4) is 0 Å². The predicted molar refractivity (Wildman–Crippen MR) is 79.8 cm³/mol. The van der Waals surface area contributed by atoms with Crippen molar-refractivity contribution in [3.05, 3.63) is 57.5 Å². The number of rotatable bonds is 3. The number of nitrogens with one attached hydrogen (secondary N) is 1. The van der Waals surface area contributed by atoms with E-state index in [2.05, 4.69) is 33.5 Å². The summed E-state index contributed by atoms with van der Waals surface area (Å²) >= 11 is 7.60. The van der Waals surface area contributed by atoms with Crippen molar-refractivity contribution in [1.29, 1.82) is 0 Å². The van der Waals surface area contributed by atoms with Gasteiger partial charge in [-0.15, -0.1) is 11.3 Å². The van der Waals surface area contributed by atoms with Crippen LogP contribution in [-0.2, 0) is 0 Å². The number of hydrogen-bond donors (Lipinski definition) is 1. The minimum Gasteiger partial charge on any atom is -0.309 e. The maximum absolute atomic E-state index is 6.01. The predicted octanol–water partition coefficient (Wildman–Crippen LogP) is 3.65. The molecule has 96 valence electrons. The van der Waals surface area contributed by atoms with Gasteiger partial charge in [0.15, 0.2) is 0 Å². The standard InChI is InChI=1S/C14H12ClN3S/c1-16-14(12-4-5-13(15)19-12)9-2-3-10-11(8-9)18-7-6-17-10/h2-8,14,16H,1H3. The molecule has 1 atom stereocenters. The molecule has 1 unspecified atom stereocenters. The molecule has 0 aliphatic heterocycles. The van der Waals surface area contributed by atoms with E-state index in [1.165, 1.54) is 4.88 Å². The molecule has 0 saturated carbocycles. The van der Waals surface area contributed by atoms with E-state index in [1.807, 2.05) is 19.2 Å². The number of halogens is 1. The first kappa shape index (κ1) is 12.5. The summed E-state index contributed by atoms with van der Waals surface area (Å²) in [5, 5.41) is 3.32. The van der Waals surface area contributed by atoms with Crippen molar-refractivity contribution >= 4 is 34.0 Å². The van der Waals surface area contributed by atoms with E-state index in [4.69, 9.17) is 11.6 Å². The number of hydrogen-bond acceptors (Lipinski definition) is 4. The SMILES string of the molecule is CNC(c1ccc2nccnc2c1)c1ccc(Cl)s1. The molecule has 2 aromatic heterocycles. The van der Waals surface area contributed by atoms with Gasteiger partial charge in [0, 0.05) is 17.3 Å². The summed E-state index contributed by atoms with van der Waals surface area (Å²) in [6, 6.07) is 10.2. The van der Waals surface area contributed by atoms with Crippen LogP contribution in [0.25, 0.3) is 11.0 Å². The Labute approximate surface area is 120 Å². The third kappa shape index (κ3) is 2.47. The van der Waals surface area contributed by atoms with Gasteiger partial charge >= 0.3 is 0 Å². The smallest absolute Gasteiger partial charge is 0.0931 e. The maximum Gasteiger partial charge on any atom is 0.0931 e. The van der Waals surface area contributed by atoms with Gasteiger partial charge in [0.2, 0.25) is 0 Å². The molecule has 19 heavy (non-hydrogen) atoms. The topological polar surface area (TPSA) is 37.8 Å². The Morgan fingerprint density at radius 2 is 1.89 bits per heavy atom. The van der Waals surface area contributed by atoms with E-state index >= 15 is 0 Å². The minimum atomic E-state index is 0.129. The van der Waals surface area contributed by atoms with Crippen molar-refractivity contribution in [1.82, 2.24) is 15.3 Å². The van der Waals surface area contributed by atoms with E-state index in [-0.39, 0.29) is 6.04 Å². The molecule has 0 aliphatic carbocycles. The van der Waals surface area contributed by atoms with E-state index < -0.39 is 0 Å². The first-order chi connectivity index (χ1) is 9.28. The van der Waals surface area contributed by atoms with Crippen molar-refractivity contribution in [3.63, 3.8) is 0 Å². The number of aromatic nitrogens is 2. The van der Waals surface area contributed by atoms with E-state index in [0.717, 1.165) is 20.9 Å². The number of thiophene rings is 1. The molecular formula is C14H12ClN3S. The van der Waals surface area contributed by atoms with Gasteiger partial charge in [-0.1, -0.05) is 17.7 Å². The zero-order valence-electron chi connectivity index (χ0n) is 10.3. The summed E-state index contributed by atoms with van der Waals surface area (Å²) < 4.78 is 0.802. The molecule has 0 spiro atoms. The molecule has 3 aromatic rings. The summed E-state index contributed by atoms with van der Waals surface area (Å²) in [5.74, 6) is 0. The van der Waals surface area contributed by atoms with Crippen LogP contribution in [0.15, 0.2) is 42.7 Å². The Bertz CT molecular complexity index is 710.